The number of aryl methyl sites for hydroxylation is 1. The molecule has 1 aromatic rings. The smallest absolute Gasteiger partial charge is 0.153 e. The average molecular weight is 296 g/mol. The molecule has 112 valence electrons. The summed E-state index contributed by atoms with van der Waals surface area (Å²) < 4.78 is 22.9. The Kier molecular flexibility index (Phi) is 5.05. The zero-order valence-electron chi connectivity index (χ0n) is 12.4. The highest BCUT2D eigenvalue weighted by atomic mass is 32.2. The molecule has 0 bridgehead atoms. The Balaban J connectivity index is 2.02. The Morgan fingerprint density at radius 2 is 1.95 bits per heavy atom. The van der Waals surface area contributed by atoms with Gasteiger partial charge in [-0.05, 0) is 43.1 Å². The van der Waals surface area contributed by atoms with Crippen molar-refractivity contribution in [3.05, 3.63) is 29.3 Å². The number of sulfone groups is 1. The first-order valence-electron chi connectivity index (χ1n) is 7.27. The second kappa shape index (κ2) is 6.59. The minimum absolute atomic E-state index is 0.270. The molecule has 0 radical (unpaired) electrons. The van der Waals surface area contributed by atoms with Crippen LogP contribution >= 0.6 is 0 Å². The molecule has 1 aliphatic heterocycles. The minimum Gasteiger partial charge on any atom is -0.369 e. The molecule has 0 saturated carbocycles. The van der Waals surface area contributed by atoms with Crippen LogP contribution in [0.4, 0.5) is 5.69 Å². The molecule has 1 aromatic carbocycles. The molecule has 1 saturated heterocycles. The van der Waals surface area contributed by atoms with E-state index in [0.717, 1.165) is 25.2 Å². The number of hydrogen-bond donors (Lipinski definition) is 1. The quantitative estimate of drug-likeness (QED) is 0.841. The first-order chi connectivity index (χ1) is 9.52. The van der Waals surface area contributed by atoms with Gasteiger partial charge in [0.25, 0.3) is 0 Å². The highest BCUT2D eigenvalue weighted by molar-refractivity contribution is 7.91. The van der Waals surface area contributed by atoms with Crippen LogP contribution in [0.25, 0.3) is 0 Å². The minimum atomic E-state index is -2.81. The molecule has 0 atom stereocenters. The van der Waals surface area contributed by atoms with Gasteiger partial charge in [-0.3, -0.25) is 0 Å². The van der Waals surface area contributed by atoms with Gasteiger partial charge in [0.15, 0.2) is 9.84 Å². The predicted octanol–water partition coefficient (Wildman–Crippen LogP) is 1.73. The average Bonchev–Trinajstić information content (AvgIpc) is 2.41. The standard InChI is InChI=1S/C15H24N2O2S/c1-3-6-16-12-14-4-5-15(11-13(14)2)17-7-9-20(18,19)10-8-17/h4-5,11,16H,3,6-10,12H2,1-2H3. The van der Waals surface area contributed by atoms with E-state index in [1.807, 2.05) is 0 Å². The van der Waals surface area contributed by atoms with Crippen LogP contribution in [0, 0.1) is 6.92 Å². The van der Waals surface area contributed by atoms with Crippen LogP contribution in [-0.2, 0) is 16.4 Å². The van der Waals surface area contributed by atoms with Crippen molar-refractivity contribution in [2.75, 3.05) is 36.0 Å². The number of nitrogens with one attached hydrogen (secondary N) is 1. The van der Waals surface area contributed by atoms with Gasteiger partial charge in [-0.15, -0.1) is 0 Å². The van der Waals surface area contributed by atoms with Crippen molar-refractivity contribution in [2.45, 2.75) is 26.8 Å². The van der Waals surface area contributed by atoms with Crippen LogP contribution in [0.15, 0.2) is 18.2 Å². The van der Waals surface area contributed by atoms with Crippen molar-refractivity contribution < 1.29 is 8.42 Å². The number of anilines is 1. The molecule has 0 aromatic heterocycles. The molecule has 2 rings (SSSR count). The van der Waals surface area contributed by atoms with E-state index in [1.54, 1.807) is 0 Å². The summed E-state index contributed by atoms with van der Waals surface area (Å²) in [4.78, 5) is 2.16. The fourth-order valence-electron chi connectivity index (χ4n) is 2.45. The van der Waals surface area contributed by atoms with Crippen LogP contribution in [0.3, 0.4) is 0 Å². The normalized spacial score (nSPS) is 18.2. The summed E-state index contributed by atoms with van der Waals surface area (Å²) in [6, 6.07) is 6.42. The Bertz CT molecular complexity index is 541. The fraction of sp³-hybridized carbons (Fsp3) is 0.600. The maximum atomic E-state index is 11.5. The maximum Gasteiger partial charge on any atom is 0.153 e. The van der Waals surface area contributed by atoms with E-state index in [9.17, 15) is 8.42 Å². The van der Waals surface area contributed by atoms with E-state index < -0.39 is 9.84 Å². The number of nitrogens with zero attached hydrogens (tertiary/aromatic N) is 1. The Hall–Kier alpha value is -1.07. The third-order valence-electron chi connectivity index (χ3n) is 3.78. The molecular formula is C15H24N2O2S. The first kappa shape index (κ1) is 15.3. The third-order valence-corrected chi connectivity index (χ3v) is 5.39. The third kappa shape index (κ3) is 3.96. The monoisotopic (exact) mass is 296 g/mol. The summed E-state index contributed by atoms with van der Waals surface area (Å²) in [7, 11) is -2.81. The van der Waals surface area contributed by atoms with Gasteiger partial charge in [0.2, 0.25) is 0 Å². The van der Waals surface area contributed by atoms with E-state index in [-0.39, 0.29) is 11.5 Å². The summed E-state index contributed by atoms with van der Waals surface area (Å²) >= 11 is 0. The van der Waals surface area contributed by atoms with Crippen LogP contribution in [0.5, 0.6) is 0 Å². The summed E-state index contributed by atoms with van der Waals surface area (Å²) in [5.41, 5.74) is 3.71. The molecule has 20 heavy (non-hydrogen) atoms. The topological polar surface area (TPSA) is 49.4 Å². The van der Waals surface area contributed by atoms with Crippen molar-refractivity contribution in [3.63, 3.8) is 0 Å². The van der Waals surface area contributed by atoms with E-state index in [0.29, 0.717) is 13.1 Å². The van der Waals surface area contributed by atoms with Gasteiger partial charge in [-0.2, -0.15) is 0 Å². The lowest BCUT2D eigenvalue weighted by atomic mass is 10.1. The molecule has 1 heterocycles. The van der Waals surface area contributed by atoms with Crippen molar-refractivity contribution >= 4 is 15.5 Å². The number of hydrogen-bond acceptors (Lipinski definition) is 4. The molecule has 4 nitrogen and oxygen atoms in total. The molecular weight excluding hydrogens is 272 g/mol. The summed E-state index contributed by atoms with van der Waals surface area (Å²) in [6.07, 6.45) is 1.14. The highest BCUT2D eigenvalue weighted by Gasteiger charge is 2.21. The van der Waals surface area contributed by atoms with Gasteiger partial charge >= 0.3 is 0 Å². The van der Waals surface area contributed by atoms with Gasteiger partial charge < -0.3 is 10.2 Å². The molecule has 1 N–H and O–H groups in total. The van der Waals surface area contributed by atoms with Crippen molar-refractivity contribution in [3.8, 4) is 0 Å². The van der Waals surface area contributed by atoms with Gasteiger partial charge in [-0.1, -0.05) is 13.0 Å². The highest BCUT2D eigenvalue weighted by Crippen LogP contribution is 2.21. The lowest BCUT2D eigenvalue weighted by molar-refractivity contribution is 0.587. The Labute approximate surface area is 122 Å². The maximum absolute atomic E-state index is 11.5. The zero-order valence-corrected chi connectivity index (χ0v) is 13.2. The molecule has 1 fully saturated rings. The predicted molar refractivity (Wildman–Crippen MR) is 84.0 cm³/mol. The zero-order chi connectivity index (χ0) is 14.6. The van der Waals surface area contributed by atoms with E-state index in [4.69, 9.17) is 0 Å². The van der Waals surface area contributed by atoms with Crippen LogP contribution in [0.1, 0.15) is 24.5 Å². The second-order valence-electron chi connectivity index (χ2n) is 5.43. The molecule has 1 aliphatic rings. The second-order valence-corrected chi connectivity index (χ2v) is 7.73. The molecule has 5 heteroatoms. The lowest BCUT2D eigenvalue weighted by Crippen LogP contribution is -2.40. The van der Waals surface area contributed by atoms with Gasteiger partial charge in [-0.25, -0.2) is 8.42 Å². The molecule has 0 aliphatic carbocycles. The number of rotatable bonds is 5. The largest absolute Gasteiger partial charge is 0.369 e. The number of benzene rings is 1. The van der Waals surface area contributed by atoms with Crippen LogP contribution in [0.2, 0.25) is 0 Å². The van der Waals surface area contributed by atoms with Crippen molar-refractivity contribution in [2.24, 2.45) is 0 Å². The fourth-order valence-corrected chi connectivity index (χ4v) is 3.65. The lowest BCUT2D eigenvalue weighted by Gasteiger charge is -2.29. The van der Waals surface area contributed by atoms with Crippen LogP contribution in [-0.4, -0.2) is 39.6 Å². The summed E-state index contributed by atoms with van der Waals surface area (Å²) in [6.45, 7) is 7.42. The van der Waals surface area contributed by atoms with Gasteiger partial charge in [0, 0.05) is 25.3 Å². The molecule has 0 spiro atoms. The van der Waals surface area contributed by atoms with E-state index >= 15 is 0 Å². The Morgan fingerprint density at radius 3 is 2.55 bits per heavy atom. The summed E-state index contributed by atoms with van der Waals surface area (Å²) in [5, 5.41) is 3.41. The molecule has 0 unspecified atom stereocenters. The van der Waals surface area contributed by atoms with E-state index in [1.165, 1.54) is 11.1 Å². The first-order valence-corrected chi connectivity index (χ1v) is 9.09. The molecule has 0 amide bonds. The van der Waals surface area contributed by atoms with Crippen LogP contribution < -0.4 is 10.2 Å². The van der Waals surface area contributed by atoms with Crippen molar-refractivity contribution in [1.29, 1.82) is 0 Å². The SMILES string of the molecule is CCCNCc1ccc(N2CCS(=O)(=O)CC2)cc1C. The summed E-state index contributed by atoms with van der Waals surface area (Å²) in [5.74, 6) is 0.539. The Morgan fingerprint density at radius 1 is 1.25 bits per heavy atom. The van der Waals surface area contributed by atoms with Crippen molar-refractivity contribution in [1.82, 2.24) is 5.32 Å². The van der Waals surface area contributed by atoms with Gasteiger partial charge in [0.1, 0.15) is 0 Å². The van der Waals surface area contributed by atoms with Gasteiger partial charge in [0.05, 0.1) is 11.5 Å². The van der Waals surface area contributed by atoms with E-state index in [2.05, 4.69) is 42.3 Å².